The molecule has 2 saturated heterocycles. The van der Waals surface area contributed by atoms with Crippen molar-refractivity contribution >= 4 is 52.1 Å². The quantitative estimate of drug-likeness (QED) is 0.335. The molecule has 1 atom stereocenters. The van der Waals surface area contributed by atoms with Gasteiger partial charge in [0, 0.05) is 52.0 Å². The second-order valence-electron chi connectivity index (χ2n) is 7.93. The smallest absolute Gasteiger partial charge is 0.191 e. The number of nitrogens with one attached hydrogen (secondary N) is 2. The van der Waals surface area contributed by atoms with Gasteiger partial charge in [0.1, 0.15) is 5.82 Å². The summed E-state index contributed by atoms with van der Waals surface area (Å²) in [4.78, 5) is 13.8. The van der Waals surface area contributed by atoms with Gasteiger partial charge >= 0.3 is 0 Å². The molecule has 31 heavy (non-hydrogen) atoms. The highest BCUT2D eigenvalue weighted by Gasteiger charge is 2.21. The Morgan fingerprint density at radius 3 is 2.81 bits per heavy atom. The van der Waals surface area contributed by atoms with Crippen LogP contribution in [0.3, 0.4) is 0 Å². The summed E-state index contributed by atoms with van der Waals surface area (Å²) in [5, 5.41) is 10.6. The summed E-state index contributed by atoms with van der Waals surface area (Å²) in [6, 6.07) is 9.01. The Morgan fingerprint density at radius 2 is 2.10 bits per heavy atom. The summed E-state index contributed by atoms with van der Waals surface area (Å²) in [5.41, 5.74) is 1.20. The van der Waals surface area contributed by atoms with Crippen LogP contribution in [0.4, 0.5) is 10.8 Å². The fourth-order valence-electron chi connectivity index (χ4n) is 4.04. The summed E-state index contributed by atoms with van der Waals surface area (Å²) in [7, 11) is 1.84. The molecule has 0 bridgehead atoms. The average Bonchev–Trinajstić information content (AvgIpc) is 3.32. The van der Waals surface area contributed by atoms with E-state index in [1.807, 2.05) is 24.6 Å². The number of morpholine rings is 1. The van der Waals surface area contributed by atoms with Crippen LogP contribution in [0.15, 0.2) is 40.8 Å². The molecule has 2 aromatic rings. The maximum absolute atomic E-state index is 5.64. The van der Waals surface area contributed by atoms with E-state index >= 15 is 0 Å². The molecule has 4 rings (SSSR count). The monoisotopic (exact) mass is 556 g/mol. The van der Waals surface area contributed by atoms with Gasteiger partial charge in [-0.15, -0.1) is 35.3 Å². The fraction of sp³-hybridized carbons (Fsp3) is 0.545. The predicted molar refractivity (Wildman–Crippen MR) is 140 cm³/mol. The van der Waals surface area contributed by atoms with Crippen molar-refractivity contribution in [2.45, 2.75) is 38.5 Å². The second kappa shape index (κ2) is 11.9. The Labute approximate surface area is 206 Å². The zero-order chi connectivity index (χ0) is 20.8. The largest absolute Gasteiger partial charge is 0.375 e. The van der Waals surface area contributed by atoms with E-state index < -0.39 is 0 Å². The van der Waals surface area contributed by atoms with E-state index in [0.717, 1.165) is 63.9 Å². The molecule has 0 saturated carbocycles. The molecule has 4 heterocycles. The summed E-state index contributed by atoms with van der Waals surface area (Å²) >= 11 is 1.82. The number of hydrogen-bond acceptors (Lipinski definition) is 6. The van der Waals surface area contributed by atoms with Gasteiger partial charge in [0.05, 0.1) is 17.7 Å². The third-order valence-corrected chi connectivity index (χ3v) is 6.64. The van der Waals surface area contributed by atoms with Crippen LogP contribution < -0.4 is 20.4 Å². The fourth-order valence-corrected chi connectivity index (χ4v) is 4.82. The predicted octanol–water partition coefficient (Wildman–Crippen LogP) is 3.32. The van der Waals surface area contributed by atoms with Gasteiger partial charge in [-0.2, -0.15) is 0 Å². The first-order chi connectivity index (χ1) is 14.7. The van der Waals surface area contributed by atoms with E-state index in [-0.39, 0.29) is 30.1 Å². The van der Waals surface area contributed by atoms with E-state index in [1.165, 1.54) is 10.6 Å². The van der Waals surface area contributed by atoms with Crippen LogP contribution in [0, 0.1) is 0 Å². The Hall–Kier alpha value is -1.59. The Bertz CT molecular complexity index is 825. The third kappa shape index (κ3) is 6.69. The molecular weight excluding hydrogens is 523 g/mol. The Kier molecular flexibility index (Phi) is 9.21. The van der Waals surface area contributed by atoms with Crippen molar-refractivity contribution in [2.75, 3.05) is 49.6 Å². The number of aliphatic imine (C=N–C) groups is 1. The maximum atomic E-state index is 5.64. The molecule has 170 valence electrons. The van der Waals surface area contributed by atoms with Gasteiger partial charge in [0.15, 0.2) is 5.96 Å². The number of rotatable bonds is 5. The van der Waals surface area contributed by atoms with Crippen molar-refractivity contribution < 1.29 is 4.74 Å². The number of halogens is 1. The standard InChI is InChI=1S/C22H32N6OS.HI/c1-17-16-28(11-12-29-17)20-14-18(5-8-24-20)15-25-22(23-2)26-19-6-9-27(10-7-19)21-4-3-13-30-21;/h3-5,8,13-14,17,19H,6-7,9-12,15-16H2,1-2H3,(H2,23,25,26);1H. The molecule has 1 unspecified atom stereocenters. The summed E-state index contributed by atoms with van der Waals surface area (Å²) < 4.78 is 5.64. The van der Waals surface area contributed by atoms with Crippen LogP contribution in [0.5, 0.6) is 0 Å². The van der Waals surface area contributed by atoms with E-state index in [2.05, 4.69) is 67.0 Å². The highest BCUT2D eigenvalue weighted by atomic mass is 127. The van der Waals surface area contributed by atoms with Gasteiger partial charge in [0.2, 0.25) is 0 Å². The first-order valence-electron chi connectivity index (χ1n) is 10.8. The zero-order valence-corrected chi connectivity index (χ0v) is 21.4. The van der Waals surface area contributed by atoms with Crippen LogP contribution in [-0.4, -0.2) is 62.9 Å². The summed E-state index contributed by atoms with van der Waals surface area (Å²) in [6.07, 6.45) is 4.38. The summed E-state index contributed by atoms with van der Waals surface area (Å²) in [5.74, 6) is 1.89. The third-order valence-electron chi connectivity index (χ3n) is 5.71. The van der Waals surface area contributed by atoms with Crippen LogP contribution >= 0.6 is 35.3 Å². The minimum Gasteiger partial charge on any atom is -0.375 e. The highest BCUT2D eigenvalue weighted by Crippen LogP contribution is 2.24. The number of aromatic nitrogens is 1. The molecule has 2 N–H and O–H groups in total. The Balaban J connectivity index is 0.00000272. The summed E-state index contributed by atoms with van der Waals surface area (Å²) in [6.45, 7) is 7.54. The molecule has 0 amide bonds. The van der Waals surface area contributed by atoms with Crippen molar-refractivity contribution in [1.82, 2.24) is 15.6 Å². The van der Waals surface area contributed by atoms with Crippen LogP contribution in [0.25, 0.3) is 0 Å². The number of anilines is 2. The topological polar surface area (TPSA) is 65.0 Å². The van der Waals surface area contributed by atoms with E-state index in [9.17, 15) is 0 Å². The van der Waals surface area contributed by atoms with Crippen molar-refractivity contribution in [3.63, 3.8) is 0 Å². The molecule has 2 fully saturated rings. The molecule has 0 aromatic carbocycles. The molecule has 2 aliphatic heterocycles. The molecule has 2 aromatic heterocycles. The first-order valence-corrected chi connectivity index (χ1v) is 11.7. The van der Waals surface area contributed by atoms with Gasteiger partial charge in [-0.1, -0.05) is 0 Å². The number of ether oxygens (including phenoxy) is 1. The second-order valence-corrected chi connectivity index (χ2v) is 8.86. The van der Waals surface area contributed by atoms with Crippen LogP contribution in [0.2, 0.25) is 0 Å². The average molecular weight is 557 g/mol. The number of piperidine rings is 1. The van der Waals surface area contributed by atoms with Crippen LogP contribution in [-0.2, 0) is 11.3 Å². The molecule has 0 aliphatic carbocycles. The van der Waals surface area contributed by atoms with Gasteiger partial charge in [-0.3, -0.25) is 4.99 Å². The molecule has 7 nitrogen and oxygen atoms in total. The van der Waals surface area contributed by atoms with E-state index in [4.69, 9.17) is 4.74 Å². The van der Waals surface area contributed by atoms with Crippen LogP contribution in [0.1, 0.15) is 25.3 Å². The molecular formula is C22H33IN6OS. The number of pyridine rings is 1. The van der Waals surface area contributed by atoms with E-state index in [1.54, 1.807) is 0 Å². The minimum absolute atomic E-state index is 0. The number of nitrogens with zero attached hydrogens (tertiary/aromatic N) is 4. The van der Waals surface area contributed by atoms with Crippen molar-refractivity contribution in [1.29, 1.82) is 0 Å². The molecule has 9 heteroatoms. The molecule has 0 spiro atoms. The molecule has 0 radical (unpaired) electrons. The Morgan fingerprint density at radius 1 is 1.26 bits per heavy atom. The number of hydrogen-bond donors (Lipinski definition) is 2. The SMILES string of the molecule is CN=C(NCc1ccnc(N2CCOC(C)C2)c1)NC1CCN(c2cccs2)CC1.I. The van der Waals surface area contributed by atoms with Gasteiger partial charge in [-0.25, -0.2) is 4.98 Å². The van der Waals surface area contributed by atoms with Gasteiger partial charge in [0.25, 0.3) is 0 Å². The number of guanidine groups is 1. The maximum Gasteiger partial charge on any atom is 0.191 e. The van der Waals surface area contributed by atoms with Gasteiger partial charge < -0.3 is 25.2 Å². The van der Waals surface area contributed by atoms with E-state index in [0.29, 0.717) is 6.04 Å². The lowest BCUT2D eigenvalue weighted by Gasteiger charge is -2.33. The number of thiophene rings is 1. The first kappa shape index (κ1) is 24.1. The lowest BCUT2D eigenvalue weighted by Crippen LogP contribution is -2.48. The molecule has 2 aliphatic rings. The lowest BCUT2D eigenvalue weighted by atomic mass is 10.1. The highest BCUT2D eigenvalue weighted by molar-refractivity contribution is 14.0. The van der Waals surface area contributed by atoms with Crippen molar-refractivity contribution in [3.05, 3.63) is 41.4 Å². The lowest BCUT2D eigenvalue weighted by molar-refractivity contribution is 0.0529. The van der Waals surface area contributed by atoms with Crippen molar-refractivity contribution in [2.24, 2.45) is 4.99 Å². The zero-order valence-electron chi connectivity index (χ0n) is 18.3. The van der Waals surface area contributed by atoms with Gasteiger partial charge in [-0.05, 0) is 55.0 Å². The normalized spacial score (nSPS) is 20.3. The minimum atomic E-state index is 0. The van der Waals surface area contributed by atoms with Crippen molar-refractivity contribution in [3.8, 4) is 0 Å².